The number of halogens is 1. The highest BCUT2D eigenvalue weighted by atomic mass is 79.9. The average molecular weight is 284 g/mol. The van der Waals surface area contributed by atoms with E-state index < -0.39 is 0 Å². The molecule has 0 aliphatic rings. The van der Waals surface area contributed by atoms with Gasteiger partial charge in [0, 0.05) is 10.0 Å². The van der Waals surface area contributed by atoms with Gasteiger partial charge in [0.25, 0.3) is 0 Å². The molecular formula is C14H22BrN. The van der Waals surface area contributed by atoms with E-state index in [0.29, 0.717) is 0 Å². The molecule has 0 aliphatic carbocycles. The van der Waals surface area contributed by atoms with Gasteiger partial charge in [-0.15, -0.1) is 0 Å². The van der Waals surface area contributed by atoms with Gasteiger partial charge < -0.3 is 5.73 Å². The van der Waals surface area contributed by atoms with E-state index in [2.05, 4.69) is 54.0 Å². The Balaban J connectivity index is 2.52. The topological polar surface area (TPSA) is 26.0 Å². The molecule has 2 heteroatoms. The molecule has 2 N–H and O–H groups in total. The summed E-state index contributed by atoms with van der Waals surface area (Å²) in [6, 6.07) is 8.35. The van der Waals surface area contributed by atoms with E-state index in [1.807, 2.05) is 0 Å². The second-order valence-corrected chi connectivity index (χ2v) is 5.65. The summed E-state index contributed by atoms with van der Waals surface area (Å²) < 4.78 is 1.11. The maximum Gasteiger partial charge on any atom is 0.0381 e. The van der Waals surface area contributed by atoms with Crippen molar-refractivity contribution in [3.8, 4) is 0 Å². The van der Waals surface area contributed by atoms with Crippen LogP contribution in [-0.2, 0) is 5.54 Å². The van der Waals surface area contributed by atoms with Crippen molar-refractivity contribution in [3.05, 3.63) is 34.3 Å². The van der Waals surface area contributed by atoms with Crippen LogP contribution in [0.15, 0.2) is 28.7 Å². The molecule has 1 nitrogen and oxygen atoms in total. The molecule has 1 aromatic carbocycles. The largest absolute Gasteiger partial charge is 0.322 e. The Labute approximate surface area is 108 Å². The van der Waals surface area contributed by atoms with Gasteiger partial charge in [0.15, 0.2) is 0 Å². The third-order valence-electron chi connectivity index (χ3n) is 3.05. The van der Waals surface area contributed by atoms with Gasteiger partial charge in [0.1, 0.15) is 0 Å². The minimum Gasteiger partial charge on any atom is -0.322 e. The molecule has 0 spiro atoms. The Hall–Kier alpha value is -0.340. The summed E-state index contributed by atoms with van der Waals surface area (Å²) in [6.07, 6.45) is 6.17. The van der Waals surface area contributed by atoms with Crippen molar-refractivity contribution >= 4 is 15.9 Å². The Morgan fingerprint density at radius 3 is 2.31 bits per heavy atom. The van der Waals surface area contributed by atoms with Gasteiger partial charge in [-0.1, -0.05) is 60.7 Å². The van der Waals surface area contributed by atoms with E-state index in [-0.39, 0.29) is 5.54 Å². The van der Waals surface area contributed by atoms with Crippen LogP contribution in [-0.4, -0.2) is 0 Å². The van der Waals surface area contributed by atoms with Gasteiger partial charge in [0.05, 0.1) is 0 Å². The normalized spacial score (nSPS) is 14.8. The number of rotatable bonds is 6. The number of hydrogen-bond donors (Lipinski definition) is 1. The molecule has 0 saturated carbocycles. The van der Waals surface area contributed by atoms with Gasteiger partial charge in [-0.25, -0.2) is 0 Å². The fraction of sp³-hybridized carbons (Fsp3) is 0.571. The SMILES string of the molecule is CCCCCCC(C)(N)c1ccc(Br)cc1. The van der Waals surface area contributed by atoms with E-state index in [9.17, 15) is 0 Å². The van der Waals surface area contributed by atoms with Crippen molar-refractivity contribution in [2.75, 3.05) is 0 Å². The summed E-state index contributed by atoms with van der Waals surface area (Å²) in [5.74, 6) is 0. The minimum atomic E-state index is -0.186. The molecule has 0 aromatic heterocycles. The van der Waals surface area contributed by atoms with Crippen LogP contribution in [0.25, 0.3) is 0 Å². The molecule has 1 aromatic rings. The highest BCUT2D eigenvalue weighted by Crippen LogP contribution is 2.25. The van der Waals surface area contributed by atoms with Gasteiger partial charge in [-0.05, 0) is 31.0 Å². The Kier molecular flexibility index (Phi) is 5.50. The zero-order chi connectivity index (χ0) is 12.0. The molecule has 90 valence electrons. The summed E-state index contributed by atoms with van der Waals surface area (Å²) in [5, 5.41) is 0. The quantitative estimate of drug-likeness (QED) is 0.759. The van der Waals surface area contributed by atoms with Crippen molar-refractivity contribution in [3.63, 3.8) is 0 Å². The summed E-state index contributed by atoms with van der Waals surface area (Å²) in [6.45, 7) is 4.36. The number of hydrogen-bond acceptors (Lipinski definition) is 1. The van der Waals surface area contributed by atoms with Crippen molar-refractivity contribution in [1.82, 2.24) is 0 Å². The maximum absolute atomic E-state index is 6.36. The maximum atomic E-state index is 6.36. The molecule has 0 saturated heterocycles. The lowest BCUT2D eigenvalue weighted by Crippen LogP contribution is -2.32. The van der Waals surface area contributed by atoms with E-state index in [1.165, 1.54) is 31.2 Å². The van der Waals surface area contributed by atoms with Gasteiger partial charge in [-0.3, -0.25) is 0 Å². The molecule has 0 fully saturated rings. The first-order valence-electron chi connectivity index (χ1n) is 6.11. The van der Waals surface area contributed by atoms with Crippen molar-refractivity contribution in [2.24, 2.45) is 5.73 Å². The van der Waals surface area contributed by atoms with Crippen LogP contribution in [0.3, 0.4) is 0 Å². The second-order valence-electron chi connectivity index (χ2n) is 4.74. The van der Waals surface area contributed by atoms with Gasteiger partial charge >= 0.3 is 0 Å². The number of unbranched alkanes of at least 4 members (excludes halogenated alkanes) is 3. The highest BCUT2D eigenvalue weighted by Gasteiger charge is 2.19. The smallest absolute Gasteiger partial charge is 0.0381 e. The molecule has 0 aliphatic heterocycles. The molecule has 0 heterocycles. The van der Waals surface area contributed by atoms with Crippen LogP contribution >= 0.6 is 15.9 Å². The first kappa shape index (κ1) is 13.7. The van der Waals surface area contributed by atoms with Crippen LogP contribution in [0, 0.1) is 0 Å². The molecule has 1 atom stereocenters. The van der Waals surface area contributed by atoms with Crippen LogP contribution in [0.1, 0.15) is 51.5 Å². The molecule has 0 bridgehead atoms. The predicted molar refractivity (Wildman–Crippen MR) is 74.4 cm³/mol. The first-order chi connectivity index (χ1) is 7.56. The molecule has 16 heavy (non-hydrogen) atoms. The lowest BCUT2D eigenvalue weighted by Gasteiger charge is -2.25. The molecule has 0 radical (unpaired) electrons. The highest BCUT2D eigenvalue weighted by molar-refractivity contribution is 9.10. The fourth-order valence-corrected chi connectivity index (χ4v) is 2.16. The van der Waals surface area contributed by atoms with E-state index in [4.69, 9.17) is 5.73 Å². The second kappa shape index (κ2) is 6.41. The Bertz CT molecular complexity index is 303. The van der Waals surface area contributed by atoms with Crippen LogP contribution in [0.5, 0.6) is 0 Å². The van der Waals surface area contributed by atoms with Crippen LogP contribution in [0.4, 0.5) is 0 Å². The van der Waals surface area contributed by atoms with Crippen molar-refractivity contribution < 1.29 is 0 Å². The summed E-state index contributed by atoms with van der Waals surface area (Å²) in [4.78, 5) is 0. The monoisotopic (exact) mass is 283 g/mol. The Morgan fingerprint density at radius 2 is 1.75 bits per heavy atom. The Morgan fingerprint density at radius 1 is 1.12 bits per heavy atom. The van der Waals surface area contributed by atoms with Crippen LogP contribution < -0.4 is 5.73 Å². The lowest BCUT2D eigenvalue weighted by molar-refractivity contribution is 0.424. The summed E-state index contributed by atoms with van der Waals surface area (Å²) >= 11 is 3.44. The molecule has 1 rings (SSSR count). The van der Waals surface area contributed by atoms with Gasteiger partial charge in [0.2, 0.25) is 0 Å². The van der Waals surface area contributed by atoms with E-state index in [0.717, 1.165) is 10.9 Å². The van der Waals surface area contributed by atoms with E-state index in [1.54, 1.807) is 0 Å². The molecule has 1 unspecified atom stereocenters. The van der Waals surface area contributed by atoms with Gasteiger partial charge in [-0.2, -0.15) is 0 Å². The molecular weight excluding hydrogens is 262 g/mol. The number of benzene rings is 1. The number of nitrogens with two attached hydrogens (primary N) is 1. The minimum absolute atomic E-state index is 0.186. The standard InChI is InChI=1S/C14H22BrN/c1-3-4-5-6-11-14(2,16)12-7-9-13(15)10-8-12/h7-10H,3-6,11,16H2,1-2H3. The van der Waals surface area contributed by atoms with E-state index >= 15 is 0 Å². The van der Waals surface area contributed by atoms with Crippen LogP contribution in [0.2, 0.25) is 0 Å². The third kappa shape index (κ3) is 4.26. The summed E-state index contributed by atoms with van der Waals surface area (Å²) in [7, 11) is 0. The van der Waals surface area contributed by atoms with Crippen molar-refractivity contribution in [2.45, 2.75) is 51.5 Å². The zero-order valence-corrected chi connectivity index (χ0v) is 11.9. The zero-order valence-electron chi connectivity index (χ0n) is 10.3. The van der Waals surface area contributed by atoms with Crippen molar-refractivity contribution in [1.29, 1.82) is 0 Å². The average Bonchev–Trinajstić information content (AvgIpc) is 2.25. The predicted octanol–water partition coefficient (Wildman–Crippen LogP) is 4.59. The lowest BCUT2D eigenvalue weighted by atomic mass is 9.87. The third-order valence-corrected chi connectivity index (χ3v) is 3.58. The summed E-state index contributed by atoms with van der Waals surface area (Å²) in [5.41, 5.74) is 7.40. The fourth-order valence-electron chi connectivity index (χ4n) is 1.89. The first-order valence-corrected chi connectivity index (χ1v) is 6.90. The molecule has 0 amide bonds.